The first-order valence-electron chi connectivity index (χ1n) is 4.94. The highest BCUT2D eigenvalue weighted by molar-refractivity contribution is 9.10. The van der Waals surface area contributed by atoms with Crippen molar-refractivity contribution in [3.05, 3.63) is 22.8 Å². The van der Waals surface area contributed by atoms with Crippen LogP contribution in [0.4, 0.5) is 0 Å². The smallest absolute Gasteiger partial charge is 0.305 e. The maximum atomic E-state index is 11.0. The zero-order valence-corrected chi connectivity index (χ0v) is 10.9. The number of esters is 1. The van der Waals surface area contributed by atoms with Crippen molar-refractivity contribution in [2.24, 2.45) is 5.92 Å². The Morgan fingerprint density at radius 2 is 2.31 bits per heavy atom. The van der Waals surface area contributed by atoms with Crippen LogP contribution in [0, 0.1) is 5.92 Å². The number of hydrogen-bond donors (Lipinski definition) is 0. The standard InChI is InChI=1S/C11H14BrNO3/c1-8(6-11(14)15-2)7-16-10-5-3-4-9(12)13-10/h3-5,8H,6-7H2,1-2H3. The highest BCUT2D eigenvalue weighted by atomic mass is 79.9. The van der Waals surface area contributed by atoms with E-state index in [-0.39, 0.29) is 11.9 Å². The first kappa shape index (κ1) is 13.0. The molecule has 0 aromatic carbocycles. The number of carbonyl (C=O) groups is 1. The van der Waals surface area contributed by atoms with Gasteiger partial charge in [-0.15, -0.1) is 0 Å². The van der Waals surface area contributed by atoms with Gasteiger partial charge in [-0.3, -0.25) is 4.79 Å². The fourth-order valence-corrected chi connectivity index (χ4v) is 1.45. The number of halogens is 1. The molecule has 88 valence electrons. The number of ether oxygens (including phenoxy) is 2. The van der Waals surface area contributed by atoms with Gasteiger partial charge in [-0.25, -0.2) is 4.98 Å². The lowest BCUT2D eigenvalue weighted by Gasteiger charge is -2.11. The van der Waals surface area contributed by atoms with E-state index in [1.807, 2.05) is 19.1 Å². The lowest BCUT2D eigenvalue weighted by molar-refractivity contribution is -0.141. The number of pyridine rings is 1. The average Bonchev–Trinajstić information content (AvgIpc) is 2.26. The molecule has 0 aliphatic carbocycles. The van der Waals surface area contributed by atoms with E-state index in [2.05, 4.69) is 25.7 Å². The first-order valence-corrected chi connectivity index (χ1v) is 5.73. The quantitative estimate of drug-likeness (QED) is 0.616. The van der Waals surface area contributed by atoms with Gasteiger partial charge in [0.1, 0.15) is 4.60 Å². The summed E-state index contributed by atoms with van der Waals surface area (Å²) in [7, 11) is 1.38. The Bertz CT molecular complexity index is 357. The molecule has 0 saturated heterocycles. The van der Waals surface area contributed by atoms with Crippen LogP contribution in [0.1, 0.15) is 13.3 Å². The van der Waals surface area contributed by atoms with Gasteiger partial charge < -0.3 is 9.47 Å². The van der Waals surface area contributed by atoms with Crippen LogP contribution in [-0.4, -0.2) is 24.7 Å². The molecule has 1 atom stereocenters. The van der Waals surface area contributed by atoms with Crippen LogP contribution in [0.5, 0.6) is 5.88 Å². The molecule has 0 bridgehead atoms. The van der Waals surface area contributed by atoms with E-state index >= 15 is 0 Å². The molecule has 1 heterocycles. The van der Waals surface area contributed by atoms with Gasteiger partial charge in [-0.05, 0) is 22.0 Å². The minimum atomic E-state index is -0.224. The van der Waals surface area contributed by atoms with Crippen molar-refractivity contribution in [3.8, 4) is 5.88 Å². The minimum absolute atomic E-state index is 0.105. The predicted octanol–water partition coefficient (Wildman–Crippen LogP) is 2.42. The zero-order chi connectivity index (χ0) is 12.0. The van der Waals surface area contributed by atoms with Crippen molar-refractivity contribution in [1.29, 1.82) is 0 Å². The summed E-state index contributed by atoms with van der Waals surface area (Å²) in [5.74, 6) is 0.428. The highest BCUT2D eigenvalue weighted by Crippen LogP contribution is 2.13. The summed E-state index contributed by atoms with van der Waals surface area (Å²) >= 11 is 3.26. The van der Waals surface area contributed by atoms with Crippen LogP contribution in [0.15, 0.2) is 22.8 Å². The van der Waals surface area contributed by atoms with Gasteiger partial charge in [-0.1, -0.05) is 13.0 Å². The molecule has 1 aromatic heterocycles. The molecule has 0 aliphatic rings. The second kappa shape index (κ2) is 6.48. The molecule has 0 aliphatic heterocycles. The fourth-order valence-electron chi connectivity index (χ4n) is 1.12. The van der Waals surface area contributed by atoms with E-state index < -0.39 is 0 Å². The first-order chi connectivity index (χ1) is 7.61. The monoisotopic (exact) mass is 287 g/mol. The van der Waals surface area contributed by atoms with Crippen molar-refractivity contribution >= 4 is 21.9 Å². The van der Waals surface area contributed by atoms with E-state index in [4.69, 9.17) is 4.74 Å². The van der Waals surface area contributed by atoms with Gasteiger partial charge in [0, 0.05) is 12.0 Å². The van der Waals surface area contributed by atoms with Crippen LogP contribution >= 0.6 is 15.9 Å². The Morgan fingerprint density at radius 1 is 1.56 bits per heavy atom. The second-order valence-electron chi connectivity index (χ2n) is 3.49. The Labute approximate surface area is 103 Å². The molecule has 0 amide bonds. The van der Waals surface area contributed by atoms with Crippen molar-refractivity contribution < 1.29 is 14.3 Å². The molecule has 0 radical (unpaired) electrons. The number of hydrogen-bond acceptors (Lipinski definition) is 4. The molecule has 1 unspecified atom stereocenters. The lowest BCUT2D eigenvalue weighted by atomic mass is 10.1. The van der Waals surface area contributed by atoms with Crippen molar-refractivity contribution in [1.82, 2.24) is 4.98 Å². The second-order valence-corrected chi connectivity index (χ2v) is 4.31. The minimum Gasteiger partial charge on any atom is -0.477 e. The average molecular weight is 288 g/mol. The summed E-state index contributed by atoms with van der Waals surface area (Å²) in [5, 5.41) is 0. The van der Waals surface area contributed by atoms with E-state index in [1.54, 1.807) is 6.07 Å². The number of rotatable bonds is 5. The number of nitrogens with zero attached hydrogens (tertiary/aromatic N) is 1. The van der Waals surface area contributed by atoms with Crippen LogP contribution in [0.25, 0.3) is 0 Å². The summed E-state index contributed by atoms with van der Waals surface area (Å²) in [6, 6.07) is 5.44. The Hall–Kier alpha value is -1.10. The summed E-state index contributed by atoms with van der Waals surface area (Å²) in [5.41, 5.74) is 0. The lowest BCUT2D eigenvalue weighted by Crippen LogP contribution is -2.14. The molecule has 0 fully saturated rings. The molecule has 1 aromatic rings. The number of aromatic nitrogens is 1. The third-order valence-corrected chi connectivity index (χ3v) is 2.39. The van der Waals surface area contributed by atoms with Crippen molar-refractivity contribution in [2.45, 2.75) is 13.3 Å². The topological polar surface area (TPSA) is 48.4 Å². The maximum absolute atomic E-state index is 11.0. The summed E-state index contributed by atoms with van der Waals surface area (Å²) in [6.45, 7) is 2.37. The normalized spacial score (nSPS) is 11.9. The maximum Gasteiger partial charge on any atom is 0.305 e. The Kier molecular flexibility index (Phi) is 5.25. The highest BCUT2D eigenvalue weighted by Gasteiger charge is 2.10. The number of methoxy groups -OCH3 is 1. The third-order valence-electron chi connectivity index (χ3n) is 1.95. The van der Waals surface area contributed by atoms with E-state index in [0.717, 1.165) is 4.60 Å². The molecule has 16 heavy (non-hydrogen) atoms. The Balaban J connectivity index is 2.37. The fraction of sp³-hybridized carbons (Fsp3) is 0.455. The SMILES string of the molecule is COC(=O)CC(C)COc1cccc(Br)n1. The van der Waals surface area contributed by atoms with Crippen molar-refractivity contribution in [3.63, 3.8) is 0 Å². The summed E-state index contributed by atoms with van der Waals surface area (Å²) in [6.07, 6.45) is 0.352. The van der Waals surface area contributed by atoms with Crippen LogP contribution in [0.2, 0.25) is 0 Å². The van der Waals surface area contributed by atoms with E-state index in [9.17, 15) is 4.79 Å². The van der Waals surface area contributed by atoms with E-state index in [0.29, 0.717) is 18.9 Å². The predicted molar refractivity (Wildman–Crippen MR) is 63.2 cm³/mol. The summed E-state index contributed by atoms with van der Waals surface area (Å²) in [4.78, 5) is 15.1. The molecule has 0 saturated carbocycles. The van der Waals surface area contributed by atoms with E-state index in [1.165, 1.54) is 7.11 Å². The molecule has 4 nitrogen and oxygen atoms in total. The number of carbonyl (C=O) groups excluding carboxylic acids is 1. The molecule has 5 heteroatoms. The molecule has 0 N–H and O–H groups in total. The molecule has 0 spiro atoms. The Morgan fingerprint density at radius 3 is 2.94 bits per heavy atom. The zero-order valence-electron chi connectivity index (χ0n) is 9.27. The largest absolute Gasteiger partial charge is 0.477 e. The van der Waals surface area contributed by atoms with Gasteiger partial charge in [0.2, 0.25) is 5.88 Å². The van der Waals surface area contributed by atoms with Crippen LogP contribution in [-0.2, 0) is 9.53 Å². The molecular weight excluding hydrogens is 274 g/mol. The van der Waals surface area contributed by atoms with Gasteiger partial charge in [0.15, 0.2) is 0 Å². The van der Waals surface area contributed by atoms with Gasteiger partial charge in [0.05, 0.1) is 20.1 Å². The third kappa shape index (κ3) is 4.61. The van der Waals surface area contributed by atoms with Gasteiger partial charge in [0.25, 0.3) is 0 Å². The molecule has 1 rings (SSSR count). The van der Waals surface area contributed by atoms with Crippen LogP contribution < -0.4 is 4.74 Å². The van der Waals surface area contributed by atoms with Crippen molar-refractivity contribution in [2.75, 3.05) is 13.7 Å². The van der Waals surface area contributed by atoms with Crippen LogP contribution in [0.3, 0.4) is 0 Å². The molecular formula is C11H14BrNO3. The van der Waals surface area contributed by atoms with Gasteiger partial charge >= 0.3 is 5.97 Å². The van der Waals surface area contributed by atoms with Gasteiger partial charge in [-0.2, -0.15) is 0 Å². The summed E-state index contributed by atoms with van der Waals surface area (Å²) < 4.78 is 10.7.